The summed E-state index contributed by atoms with van der Waals surface area (Å²) in [7, 11) is 0. The number of nitrogens with one attached hydrogen (secondary N) is 1. The van der Waals surface area contributed by atoms with E-state index in [1.165, 1.54) is 18.2 Å². The molecule has 0 aromatic heterocycles. The molecule has 0 aliphatic heterocycles. The smallest absolute Gasteiger partial charge is 0.255 e. The molecule has 0 saturated carbocycles. The minimum atomic E-state index is -0.702. The zero-order valence-electron chi connectivity index (χ0n) is 10.6. The van der Waals surface area contributed by atoms with Crippen LogP contribution in [0.2, 0.25) is 5.02 Å². The fourth-order valence-electron chi connectivity index (χ4n) is 1.32. The molecule has 0 atom stereocenters. The highest BCUT2D eigenvalue weighted by atomic mass is 35.5. The first kappa shape index (κ1) is 15.1. The van der Waals surface area contributed by atoms with Crippen LogP contribution in [0.1, 0.15) is 24.2 Å². The van der Waals surface area contributed by atoms with Crippen LogP contribution >= 0.6 is 11.6 Å². The van der Waals surface area contributed by atoms with Crippen LogP contribution in [0.4, 0.5) is 0 Å². The lowest BCUT2D eigenvalue weighted by atomic mass is 9.92. The van der Waals surface area contributed by atoms with Crippen molar-refractivity contribution >= 4 is 23.3 Å². The van der Waals surface area contributed by atoms with Crippen LogP contribution in [0.3, 0.4) is 0 Å². The summed E-state index contributed by atoms with van der Waals surface area (Å²) in [5.74, 6) is -0.660. The molecule has 0 saturated heterocycles. The molecule has 5 N–H and O–H groups in total. The molecule has 19 heavy (non-hydrogen) atoms. The first-order chi connectivity index (χ1) is 8.77. The number of amidine groups is 1. The lowest BCUT2D eigenvalue weighted by Gasteiger charge is -2.23. The van der Waals surface area contributed by atoms with Crippen LogP contribution in [-0.2, 0) is 0 Å². The molecule has 0 bridgehead atoms. The van der Waals surface area contributed by atoms with Crippen LogP contribution in [0.15, 0.2) is 23.4 Å². The van der Waals surface area contributed by atoms with Gasteiger partial charge in [0.05, 0.1) is 5.56 Å². The Kier molecular flexibility index (Phi) is 4.61. The summed E-state index contributed by atoms with van der Waals surface area (Å²) in [6.07, 6.45) is 0. The number of hydrogen-bond donors (Lipinski definition) is 4. The average Bonchev–Trinajstić information content (AvgIpc) is 2.35. The highest BCUT2D eigenvalue weighted by Crippen LogP contribution is 2.22. The maximum absolute atomic E-state index is 11.9. The number of oxime groups is 1. The second-order valence-electron chi connectivity index (χ2n) is 4.71. The van der Waals surface area contributed by atoms with E-state index in [0.717, 1.165) is 0 Å². The molecular formula is C12H16ClN3O3. The number of nitrogens with zero attached hydrogens (tertiary/aromatic N) is 1. The number of phenols is 1. The van der Waals surface area contributed by atoms with Gasteiger partial charge in [0, 0.05) is 17.0 Å². The Balaban J connectivity index is 2.76. The van der Waals surface area contributed by atoms with Crippen molar-refractivity contribution in [3.63, 3.8) is 0 Å². The molecule has 104 valence electrons. The third kappa shape index (κ3) is 3.75. The van der Waals surface area contributed by atoms with Gasteiger partial charge >= 0.3 is 0 Å². The zero-order valence-corrected chi connectivity index (χ0v) is 11.4. The molecular weight excluding hydrogens is 270 g/mol. The third-order valence-corrected chi connectivity index (χ3v) is 2.93. The van der Waals surface area contributed by atoms with Gasteiger partial charge in [0.2, 0.25) is 0 Å². The fraction of sp³-hybridized carbons (Fsp3) is 0.333. The summed E-state index contributed by atoms with van der Waals surface area (Å²) in [6.45, 7) is 3.58. The van der Waals surface area contributed by atoms with Crippen LogP contribution < -0.4 is 11.1 Å². The number of halogens is 1. The summed E-state index contributed by atoms with van der Waals surface area (Å²) in [6, 6.07) is 4.21. The molecule has 0 heterocycles. The van der Waals surface area contributed by atoms with E-state index in [2.05, 4.69) is 10.5 Å². The minimum absolute atomic E-state index is 0.00753. The van der Waals surface area contributed by atoms with Crippen LogP contribution in [0.5, 0.6) is 5.75 Å². The number of carbonyl (C=O) groups excluding carboxylic acids is 1. The Labute approximate surface area is 115 Å². The van der Waals surface area contributed by atoms with Crippen molar-refractivity contribution < 1.29 is 15.1 Å². The second-order valence-corrected chi connectivity index (χ2v) is 5.15. The molecule has 0 radical (unpaired) electrons. The number of nitrogens with two attached hydrogens (primary N) is 1. The summed E-state index contributed by atoms with van der Waals surface area (Å²) >= 11 is 5.68. The predicted octanol–water partition coefficient (Wildman–Crippen LogP) is 1.55. The zero-order chi connectivity index (χ0) is 14.6. The van der Waals surface area contributed by atoms with Gasteiger partial charge in [-0.2, -0.15) is 0 Å². The normalized spacial score (nSPS) is 12.3. The molecule has 1 aromatic carbocycles. The quantitative estimate of drug-likeness (QED) is 0.291. The molecule has 6 nitrogen and oxygen atoms in total. The van der Waals surface area contributed by atoms with E-state index in [1.807, 2.05) is 0 Å². The van der Waals surface area contributed by atoms with E-state index in [4.69, 9.17) is 22.5 Å². The summed E-state index contributed by atoms with van der Waals surface area (Å²) in [5, 5.41) is 24.1. The predicted molar refractivity (Wildman–Crippen MR) is 72.6 cm³/mol. The van der Waals surface area contributed by atoms with E-state index in [9.17, 15) is 9.90 Å². The maximum atomic E-state index is 11.9. The number of carbonyl (C=O) groups is 1. The highest BCUT2D eigenvalue weighted by Gasteiger charge is 2.25. The summed E-state index contributed by atoms with van der Waals surface area (Å²) < 4.78 is 0. The Morgan fingerprint density at radius 2 is 2.16 bits per heavy atom. The van der Waals surface area contributed by atoms with Crippen molar-refractivity contribution in [1.29, 1.82) is 0 Å². The summed E-state index contributed by atoms with van der Waals surface area (Å²) in [5.41, 5.74) is 4.92. The van der Waals surface area contributed by atoms with Gasteiger partial charge < -0.3 is 21.4 Å². The summed E-state index contributed by atoms with van der Waals surface area (Å²) in [4.78, 5) is 11.9. The van der Waals surface area contributed by atoms with Gasteiger partial charge in [0.25, 0.3) is 5.91 Å². The topological polar surface area (TPSA) is 108 Å². The molecule has 1 aromatic rings. The SMILES string of the molecule is CC(C)(CNC(=O)c1ccc(Cl)cc1O)/C(N)=N/O. The molecule has 0 spiro atoms. The monoisotopic (exact) mass is 285 g/mol. The Hall–Kier alpha value is -1.95. The fourth-order valence-corrected chi connectivity index (χ4v) is 1.49. The Morgan fingerprint density at radius 1 is 1.53 bits per heavy atom. The van der Waals surface area contributed by atoms with E-state index >= 15 is 0 Å². The molecule has 0 unspecified atom stereocenters. The highest BCUT2D eigenvalue weighted by molar-refractivity contribution is 6.30. The van der Waals surface area contributed by atoms with Gasteiger partial charge in [-0.1, -0.05) is 30.6 Å². The second kappa shape index (κ2) is 5.79. The van der Waals surface area contributed by atoms with E-state index in [1.54, 1.807) is 13.8 Å². The number of amides is 1. The number of hydrogen-bond acceptors (Lipinski definition) is 4. The van der Waals surface area contributed by atoms with Crippen molar-refractivity contribution in [3.05, 3.63) is 28.8 Å². The van der Waals surface area contributed by atoms with Gasteiger partial charge in [-0.15, -0.1) is 0 Å². The van der Waals surface area contributed by atoms with Crippen molar-refractivity contribution in [2.45, 2.75) is 13.8 Å². The number of rotatable bonds is 4. The minimum Gasteiger partial charge on any atom is -0.507 e. The molecule has 0 aliphatic rings. The molecule has 7 heteroatoms. The maximum Gasteiger partial charge on any atom is 0.255 e. The lowest BCUT2D eigenvalue weighted by Crippen LogP contribution is -2.42. The Morgan fingerprint density at radius 3 is 2.68 bits per heavy atom. The number of phenolic OH excluding ortho intramolecular Hbond substituents is 1. The van der Waals surface area contributed by atoms with Crippen molar-refractivity contribution in [3.8, 4) is 5.75 Å². The first-order valence-electron chi connectivity index (χ1n) is 5.52. The van der Waals surface area contributed by atoms with Crippen molar-refractivity contribution in [2.24, 2.45) is 16.3 Å². The van der Waals surface area contributed by atoms with Crippen LogP contribution in [-0.4, -0.2) is 28.6 Å². The lowest BCUT2D eigenvalue weighted by molar-refractivity contribution is 0.0941. The molecule has 0 fully saturated rings. The van der Waals surface area contributed by atoms with Gasteiger partial charge in [0.1, 0.15) is 11.6 Å². The van der Waals surface area contributed by atoms with Crippen LogP contribution in [0, 0.1) is 5.41 Å². The Bertz CT molecular complexity index is 515. The van der Waals surface area contributed by atoms with E-state index < -0.39 is 11.3 Å². The van der Waals surface area contributed by atoms with E-state index in [-0.39, 0.29) is 23.7 Å². The molecule has 0 aliphatic carbocycles. The van der Waals surface area contributed by atoms with Gasteiger partial charge in [-0.25, -0.2) is 0 Å². The number of benzene rings is 1. The first-order valence-corrected chi connectivity index (χ1v) is 5.90. The van der Waals surface area contributed by atoms with Crippen molar-refractivity contribution in [1.82, 2.24) is 5.32 Å². The average molecular weight is 286 g/mol. The number of aromatic hydroxyl groups is 1. The standard InChI is InChI=1S/C12H16ClN3O3/c1-12(2,11(14)16-19)6-15-10(18)8-4-3-7(13)5-9(8)17/h3-5,17,19H,6H2,1-2H3,(H2,14,16)(H,15,18). The van der Waals surface area contributed by atoms with Gasteiger partial charge in [0.15, 0.2) is 0 Å². The molecule has 1 amide bonds. The van der Waals surface area contributed by atoms with Crippen molar-refractivity contribution in [2.75, 3.05) is 6.54 Å². The van der Waals surface area contributed by atoms with Gasteiger partial charge in [-0.05, 0) is 18.2 Å². The molecule has 1 rings (SSSR count). The third-order valence-electron chi connectivity index (χ3n) is 2.70. The largest absolute Gasteiger partial charge is 0.507 e. The van der Waals surface area contributed by atoms with E-state index in [0.29, 0.717) is 5.02 Å². The van der Waals surface area contributed by atoms with Gasteiger partial charge in [-0.3, -0.25) is 4.79 Å². The van der Waals surface area contributed by atoms with Crippen LogP contribution in [0.25, 0.3) is 0 Å².